The van der Waals surface area contributed by atoms with Gasteiger partial charge in [0.1, 0.15) is 11.5 Å². The summed E-state index contributed by atoms with van der Waals surface area (Å²) in [7, 11) is 3.38. The van der Waals surface area contributed by atoms with E-state index >= 15 is 0 Å². The molecule has 3 nitrogen and oxygen atoms in total. The van der Waals surface area contributed by atoms with Gasteiger partial charge in [-0.3, -0.25) is 4.98 Å². The highest BCUT2D eigenvalue weighted by atomic mass is 16.5. The molecule has 3 aromatic rings. The Morgan fingerprint density at radius 1 is 0.696 bits per heavy atom. The smallest absolute Gasteiger partial charge is 0.123 e. The van der Waals surface area contributed by atoms with Gasteiger partial charge < -0.3 is 9.47 Å². The number of nitrogens with zero attached hydrogens (tertiary/aromatic N) is 1. The van der Waals surface area contributed by atoms with Crippen LogP contribution >= 0.6 is 0 Å². The molecule has 2 aromatic carbocycles. The number of benzene rings is 2. The molecule has 0 radical (unpaired) electrons. The first kappa shape index (κ1) is 15.1. The van der Waals surface area contributed by atoms with Crippen LogP contribution in [0.2, 0.25) is 0 Å². The second-order valence-electron chi connectivity index (χ2n) is 5.17. The molecule has 0 saturated carbocycles. The van der Waals surface area contributed by atoms with Gasteiger partial charge >= 0.3 is 0 Å². The molecule has 3 heteroatoms. The summed E-state index contributed by atoms with van der Waals surface area (Å²) in [5, 5.41) is 0. The Bertz CT molecular complexity index is 724. The summed E-state index contributed by atoms with van der Waals surface area (Å²) < 4.78 is 11.1. The standard InChI is InChI=1S/C20H19NO2/c1-22-18-12-5-3-9-15(18)20(17-11-7-8-14-21-17)16-10-4-6-13-19(16)23-2/h3-14,20H,1-2H3. The van der Waals surface area contributed by atoms with Crippen LogP contribution in [0.4, 0.5) is 0 Å². The highest BCUT2D eigenvalue weighted by Crippen LogP contribution is 2.39. The zero-order valence-electron chi connectivity index (χ0n) is 13.3. The average molecular weight is 305 g/mol. The molecule has 116 valence electrons. The second-order valence-corrected chi connectivity index (χ2v) is 5.17. The summed E-state index contributed by atoms with van der Waals surface area (Å²) in [5.41, 5.74) is 3.10. The number of hydrogen-bond donors (Lipinski definition) is 0. The molecule has 0 saturated heterocycles. The van der Waals surface area contributed by atoms with Crippen LogP contribution in [0.3, 0.4) is 0 Å². The van der Waals surface area contributed by atoms with Crippen LogP contribution in [0.5, 0.6) is 11.5 Å². The minimum absolute atomic E-state index is 0.0523. The van der Waals surface area contributed by atoms with Crippen molar-refractivity contribution in [1.82, 2.24) is 4.98 Å². The molecule has 0 aliphatic heterocycles. The minimum Gasteiger partial charge on any atom is -0.496 e. The molecular formula is C20H19NO2. The monoisotopic (exact) mass is 305 g/mol. The van der Waals surface area contributed by atoms with Gasteiger partial charge in [0.05, 0.1) is 25.8 Å². The van der Waals surface area contributed by atoms with Crippen molar-refractivity contribution in [2.45, 2.75) is 5.92 Å². The van der Waals surface area contributed by atoms with Crippen LogP contribution in [0.15, 0.2) is 72.9 Å². The van der Waals surface area contributed by atoms with Crippen LogP contribution < -0.4 is 9.47 Å². The maximum absolute atomic E-state index is 5.57. The summed E-state index contributed by atoms with van der Waals surface area (Å²) in [4.78, 5) is 4.57. The summed E-state index contributed by atoms with van der Waals surface area (Å²) in [6.45, 7) is 0. The van der Waals surface area contributed by atoms with Gasteiger partial charge in [0.2, 0.25) is 0 Å². The number of ether oxygens (including phenoxy) is 2. The molecule has 0 amide bonds. The topological polar surface area (TPSA) is 31.4 Å². The van der Waals surface area contributed by atoms with E-state index in [1.807, 2.05) is 60.8 Å². The fourth-order valence-electron chi connectivity index (χ4n) is 2.84. The van der Waals surface area contributed by atoms with E-state index < -0.39 is 0 Å². The van der Waals surface area contributed by atoms with E-state index in [1.54, 1.807) is 14.2 Å². The third-order valence-corrected chi connectivity index (χ3v) is 3.88. The van der Waals surface area contributed by atoms with Crippen molar-refractivity contribution < 1.29 is 9.47 Å². The SMILES string of the molecule is COc1ccccc1C(c1ccccn1)c1ccccc1OC. The Balaban J connectivity index is 2.23. The average Bonchev–Trinajstić information content (AvgIpc) is 2.64. The second kappa shape index (κ2) is 6.97. The molecule has 0 aliphatic carbocycles. The number of hydrogen-bond acceptors (Lipinski definition) is 3. The van der Waals surface area contributed by atoms with Crippen molar-refractivity contribution in [2.75, 3.05) is 14.2 Å². The lowest BCUT2D eigenvalue weighted by atomic mass is 9.87. The lowest BCUT2D eigenvalue weighted by Gasteiger charge is -2.22. The largest absolute Gasteiger partial charge is 0.496 e. The number of aromatic nitrogens is 1. The van der Waals surface area contributed by atoms with E-state index in [4.69, 9.17) is 9.47 Å². The van der Waals surface area contributed by atoms with Gasteiger partial charge in [0.15, 0.2) is 0 Å². The first-order valence-electron chi connectivity index (χ1n) is 7.52. The maximum atomic E-state index is 5.57. The number of rotatable bonds is 5. The van der Waals surface area contributed by atoms with Gasteiger partial charge in [-0.1, -0.05) is 42.5 Å². The summed E-state index contributed by atoms with van der Waals surface area (Å²) in [6.07, 6.45) is 1.81. The molecule has 3 rings (SSSR count). The molecule has 0 N–H and O–H groups in total. The van der Waals surface area contributed by atoms with Crippen LogP contribution in [-0.2, 0) is 0 Å². The van der Waals surface area contributed by atoms with Gasteiger partial charge in [0, 0.05) is 17.3 Å². The van der Waals surface area contributed by atoms with Crippen molar-refractivity contribution >= 4 is 0 Å². The minimum atomic E-state index is -0.0523. The Hall–Kier alpha value is -2.81. The van der Waals surface area contributed by atoms with E-state index in [1.165, 1.54) is 0 Å². The van der Waals surface area contributed by atoms with Gasteiger partial charge in [-0.2, -0.15) is 0 Å². The Morgan fingerprint density at radius 3 is 1.70 bits per heavy atom. The van der Waals surface area contributed by atoms with Gasteiger partial charge in [-0.25, -0.2) is 0 Å². The van der Waals surface area contributed by atoms with Crippen molar-refractivity contribution in [3.63, 3.8) is 0 Å². The molecule has 0 bridgehead atoms. The number of para-hydroxylation sites is 2. The first-order valence-corrected chi connectivity index (χ1v) is 7.52. The van der Waals surface area contributed by atoms with Gasteiger partial charge in [-0.05, 0) is 24.3 Å². The molecular weight excluding hydrogens is 286 g/mol. The van der Waals surface area contributed by atoms with Crippen LogP contribution in [0, 0.1) is 0 Å². The van der Waals surface area contributed by atoms with E-state index in [2.05, 4.69) is 17.1 Å². The van der Waals surface area contributed by atoms with Crippen molar-refractivity contribution in [2.24, 2.45) is 0 Å². The summed E-state index contributed by atoms with van der Waals surface area (Å²) >= 11 is 0. The number of pyridine rings is 1. The first-order chi connectivity index (χ1) is 11.3. The summed E-state index contributed by atoms with van der Waals surface area (Å²) in [6, 6.07) is 22.0. The highest BCUT2D eigenvalue weighted by molar-refractivity contribution is 5.51. The lowest BCUT2D eigenvalue weighted by Crippen LogP contribution is -2.08. The highest BCUT2D eigenvalue weighted by Gasteiger charge is 2.24. The molecule has 0 aliphatic rings. The lowest BCUT2D eigenvalue weighted by molar-refractivity contribution is 0.402. The third kappa shape index (κ3) is 3.04. The molecule has 0 spiro atoms. The van der Waals surface area contributed by atoms with Gasteiger partial charge in [-0.15, -0.1) is 0 Å². The predicted molar refractivity (Wildman–Crippen MR) is 91.2 cm³/mol. The van der Waals surface area contributed by atoms with E-state index in [0.29, 0.717) is 0 Å². The molecule has 1 aromatic heterocycles. The normalized spacial score (nSPS) is 10.6. The van der Waals surface area contributed by atoms with Gasteiger partial charge in [0.25, 0.3) is 0 Å². The van der Waals surface area contributed by atoms with Crippen LogP contribution in [-0.4, -0.2) is 19.2 Å². The van der Waals surface area contributed by atoms with E-state index in [9.17, 15) is 0 Å². The fourth-order valence-corrected chi connectivity index (χ4v) is 2.84. The number of methoxy groups -OCH3 is 2. The maximum Gasteiger partial charge on any atom is 0.123 e. The van der Waals surface area contributed by atoms with Crippen molar-refractivity contribution in [3.8, 4) is 11.5 Å². The predicted octanol–water partition coefficient (Wildman–Crippen LogP) is 4.28. The van der Waals surface area contributed by atoms with Crippen LogP contribution in [0.25, 0.3) is 0 Å². The zero-order chi connectivity index (χ0) is 16.1. The molecule has 0 atom stereocenters. The summed E-state index contributed by atoms with van der Waals surface area (Å²) in [5.74, 6) is 1.63. The fraction of sp³-hybridized carbons (Fsp3) is 0.150. The molecule has 0 fully saturated rings. The van der Waals surface area contributed by atoms with Crippen molar-refractivity contribution in [1.29, 1.82) is 0 Å². The van der Waals surface area contributed by atoms with Crippen molar-refractivity contribution in [3.05, 3.63) is 89.7 Å². The van der Waals surface area contributed by atoms with E-state index in [-0.39, 0.29) is 5.92 Å². The quantitative estimate of drug-likeness (QED) is 0.705. The Morgan fingerprint density at radius 2 is 1.22 bits per heavy atom. The molecule has 0 unspecified atom stereocenters. The third-order valence-electron chi connectivity index (χ3n) is 3.88. The Labute approximate surface area is 136 Å². The van der Waals surface area contributed by atoms with E-state index in [0.717, 1.165) is 28.3 Å². The molecule has 1 heterocycles. The van der Waals surface area contributed by atoms with Crippen LogP contribution in [0.1, 0.15) is 22.7 Å². The zero-order valence-corrected chi connectivity index (χ0v) is 13.3. The Kier molecular flexibility index (Phi) is 4.57. The molecule has 23 heavy (non-hydrogen) atoms.